The van der Waals surface area contributed by atoms with E-state index in [1.165, 1.54) is 17.4 Å². The molecule has 0 aliphatic carbocycles. The van der Waals surface area contributed by atoms with Crippen molar-refractivity contribution in [1.29, 1.82) is 0 Å². The van der Waals surface area contributed by atoms with Crippen molar-refractivity contribution in [3.8, 4) is 0 Å². The third-order valence-electron chi connectivity index (χ3n) is 5.01. The third kappa shape index (κ3) is 3.43. The Morgan fingerprint density at radius 3 is 2.82 bits per heavy atom. The molecule has 1 aromatic carbocycles. The maximum absolute atomic E-state index is 12.7. The van der Waals surface area contributed by atoms with Gasteiger partial charge in [0.05, 0.1) is 10.5 Å². The van der Waals surface area contributed by atoms with E-state index >= 15 is 0 Å². The summed E-state index contributed by atoms with van der Waals surface area (Å²) in [5, 5.41) is 16.0. The number of fused-ring (bicyclic) bond motifs is 1. The van der Waals surface area contributed by atoms with Gasteiger partial charge in [0.1, 0.15) is 0 Å². The standard InChI is InChI=1S/C20H20N4O3S/c1-14-12-18(16-4-2-5-17(24(26)27)19(16)21-14)22-7-3-8-23(10-9-22)20(25)15-6-11-28-13-15/h2,4-6,11-13H,3,7-10H2,1H3. The minimum atomic E-state index is -0.387. The van der Waals surface area contributed by atoms with Crippen LogP contribution in [0.3, 0.4) is 0 Å². The highest BCUT2D eigenvalue weighted by Gasteiger charge is 2.23. The number of pyridine rings is 1. The van der Waals surface area contributed by atoms with Gasteiger partial charge in [-0.05, 0) is 30.9 Å². The zero-order chi connectivity index (χ0) is 19.7. The van der Waals surface area contributed by atoms with Crippen LogP contribution in [0.25, 0.3) is 10.9 Å². The fourth-order valence-corrected chi connectivity index (χ4v) is 4.31. The molecule has 0 saturated carbocycles. The number of benzene rings is 1. The topological polar surface area (TPSA) is 79.6 Å². The molecule has 0 radical (unpaired) electrons. The number of non-ortho nitro benzene ring substituents is 1. The first-order chi connectivity index (χ1) is 13.5. The van der Waals surface area contributed by atoms with E-state index in [1.54, 1.807) is 6.07 Å². The average molecular weight is 396 g/mol. The number of carbonyl (C=O) groups is 1. The second-order valence-corrected chi connectivity index (χ2v) is 7.64. The lowest BCUT2D eigenvalue weighted by molar-refractivity contribution is -0.383. The number of amides is 1. The number of nitrogens with zero attached hydrogens (tertiary/aromatic N) is 4. The number of aryl methyl sites for hydroxylation is 1. The molecule has 2 aromatic heterocycles. The van der Waals surface area contributed by atoms with Crippen LogP contribution in [0.4, 0.5) is 11.4 Å². The van der Waals surface area contributed by atoms with E-state index in [4.69, 9.17) is 0 Å². The number of nitro groups is 1. The van der Waals surface area contributed by atoms with Gasteiger partial charge in [0.15, 0.2) is 5.52 Å². The number of hydrogen-bond donors (Lipinski definition) is 0. The number of hydrogen-bond acceptors (Lipinski definition) is 6. The molecule has 1 aliphatic heterocycles. The molecule has 3 aromatic rings. The summed E-state index contributed by atoms with van der Waals surface area (Å²) in [4.78, 5) is 32.2. The molecule has 0 bridgehead atoms. The van der Waals surface area contributed by atoms with Crippen molar-refractivity contribution >= 4 is 39.5 Å². The van der Waals surface area contributed by atoms with Crippen LogP contribution in [0.1, 0.15) is 22.5 Å². The van der Waals surface area contributed by atoms with E-state index in [0.29, 0.717) is 25.2 Å². The summed E-state index contributed by atoms with van der Waals surface area (Å²) in [5.74, 6) is 0.0644. The first kappa shape index (κ1) is 18.4. The quantitative estimate of drug-likeness (QED) is 0.496. The molecule has 8 heteroatoms. The van der Waals surface area contributed by atoms with Crippen LogP contribution in [0.15, 0.2) is 41.1 Å². The number of rotatable bonds is 3. The number of nitro benzene ring substituents is 1. The highest BCUT2D eigenvalue weighted by atomic mass is 32.1. The summed E-state index contributed by atoms with van der Waals surface area (Å²) in [5.41, 5.74) is 2.85. The monoisotopic (exact) mass is 396 g/mol. The minimum absolute atomic E-state index is 0.0199. The van der Waals surface area contributed by atoms with Crippen LogP contribution in [0.5, 0.6) is 0 Å². The second kappa shape index (κ2) is 7.55. The number of thiophene rings is 1. The Balaban J connectivity index is 1.64. The van der Waals surface area contributed by atoms with E-state index < -0.39 is 0 Å². The molecular weight excluding hydrogens is 376 g/mol. The van der Waals surface area contributed by atoms with Crippen molar-refractivity contribution in [1.82, 2.24) is 9.88 Å². The Kier molecular flexibility index (Phi) is 4.95. The van der Waals surface area contributed by atoms with Gasteiger partial charge in [-0.25, -0.2) is 4.98 Å². The van der Waals surface area contributed by atoms with Crippen molar-refractivity contribution in [2.45, 2.75) is 13.3 Å². The van der Waals surface area contributed by atoms with Crippen molar-refractivity contribution < 1.29 is 9.72 Å². The predicted molar refractivity (Wildman–Crippen MR) is 110 cm³/mol. The molecule has 0 N–H and O–H groups in total. The van der Waals surface area contributed by atoms with Gasteiger partial charge in [0.25, 0.3) is 11.6 Å². The van der Waals surface area contributed by atoms with E-state index in [0.717, 1.165) is 35.3 Å². The molecule has 144 valence electrons. The van der Waals surface area contributed by atoms with Gasteiger partial charge < -0.3 is 9.80 Å². The summed E-state index contributed by atoms with van der Waals surface area (Å²) < 4.78 is 0. The molecule has 0 spiro atoms. The van der Waals surface area contributed by atoms with E-state index in [9.17, 15) is 14.9 Å². The van der Waals surface area contributed by atoms with E-state index in [-0.39, 0.29) is 16.5 Å². The van der Waals surface area contributed by atoms with Crippen LogP contribution in [-0.4, -0.2) is 46.9 Å². The first-order valence-electron chi connectivity index (χ1n) is 9.16. The van der Waals surface area contributed by atoms with Gasteiger partial charge in [-0.3, -0.25) is 14.9 Å². The molecule has 7 nitrogen and oxygen atoms in total. The molecule has 1 fully saturated rings. The van der Waals surface area contributed by atoms with Crippen LogP contribution in [0, 0.1) is 17.0 Å². The predicted octanol–water partition coefficient (Wildman–Crippen LogP) is 3.87. The molecule has 1 aliphatic rings. The summed E-state index contributed by atoms with van der Waals surface area (Å²) in [6, 6.07) is 8.90. The van der Waals surface area contributed by atoms with E-state index in [1.807, 2.05) is 40.8 Å². The first-order valence-corrected chi connectivity index (χ1v) is 10.1. The maximum atomic E-state index is 12.7. The van der Waals surface area contributed by atoms with Crippen LogP contribution in [-0.2, 0) is 0 Å². The highest BCUT2D eigenvalue weighted by Crippen LogP contribution is 2.32. The Bertz CT molecular complexity index is 1040. The van der Waals surface area contributed by atoms with Gasteiger partial charge in [-0.1, -0.05) is 12.1 Å². The van der Waals surface area contributed by atoms with Gasteiger partial charge in [-0.15, -0.1) is 0 Å². The number of anilines is 1. The molecule has 1 amide bonds. The lowest BCUT2D eigenvalue weighted by atomic mass is 10.1. The SMILES string of the molecule is Cc1cc(N2CCCN(C(=O)c3ccsc3)CC2)c2cccc([N+](=O)[O-])c2n1. The smallest absolute Gasteiger partial charge is 0.295 e. The highest BCUT2D eigenvalue weighted by molar-refractivity contribution is 7.08. The second-order valence-electron chi connectivity index (χ2n) is 6.86. The Morgan fingerprint density at radius 1 is 1.21 bits per heavy atom. The molecule has 28 heavy (non-hydrogen) atoms. The summed E-state index contributed by atoms with van der Waals surface area (Å²) in [6.07, 6.45) is 0.841. The van der Waals surface area contributed by atoms with Crippen molar-refractivity contribution in [2.24, 2.45) is 0 Å². The van der Waals surface area contributed by atoms with Crippen molar-refractivity contribution in [3.63, 3.8) is 0 Å². The van der Waals surface area contributed by atoms with Gasteiger partial charge in [0.2, 0.25) is 0 Å². The lowest BCUT2D eigenvalue weighted by Gasteiger charge is -2.25. The molecule has 0 atom stereocenters. The number of para-hydroxylation sites is 1. The maximum Gasteiger partial charge on any atom is 0.295 e. The van der Waals surface area contributed by atoms with Gasteiger partial charge >= 0.3 is 0 Å². The zero-order valence-electron chi connectivity index (χ0n) is 15.5. The molecule has 4 rings (SSSR count). The summed E-state index contributed by atoms with van der Waals surface area (Å²) >= 11 is 1.52. The average Bonchev–Trinajstić information content (AvgIpc) is 3.11. The van der Waals surface area contributed by atoms with Crippen LogP contribution in [0.2, 0.25) is 0 Å². The van der Waals surface area contributed by atoms with E-state index in [2.05, 4.69) is 9.88 Å². The minimum Gasteiger partial charge on any atom is -0.369 e. The number of carbonyl (C=O) groups excluding carboxylic acids is 1. The Labute approximate surface area is 166 Å². The Morgan fingerprint density at radius 2 is 2.07 bits per heavy atom. The zero-order valence-corrected chi connectivity index (χ0v) is 16.3. The van der Waals surface area contributed by atoms with Crippen molar-refractivity contribution in [3.05, 3.63) is 62.5 Å². The summed E-state index contributed by atoms with van der Waals surface area (Å²) in [6.45, 7) is 4.63. The third-order valence-corrected chi connectivity index (χ3v) is 5.70. The fraction of sp³-hybridized carbons (Fsp3) is 0.300. The fourth-order valence-electron chi connectivity index (χ4n) is 3.68. The Hall–Kier alpha value is -3.00. The molecular formula is C20H20N4O3S. The lowest BCUT2D eigenvalue weighted by Crippen LogP contribution is -2.35. The molecule has 3 heterocycles. The molecule has 0 unspecified atom stereocenters. The largest absolute Gasteiger partial charge is 0.369 e. The van der Waals surface area contributed by atoms with Crippen LogP contribution >= 0.6 is 11.3 Å². The summed E-state index contributed by atoms with van der Waals surface area (Å²) in [7, 11) is 0. The van der Waals surface area contributed by atoms with Gasteiger partial charge in [0, 0.05) is 54.4 Å². The van der Waals surface area contributed by atoms with Crippen molar-refractivity contribution in [2.75, 3.05) is 31.1 Å². The molecule has 1 saturated heterocycles. The number of aromatic nitrogens is 1. The normalized spacial score (nSPS) is 14.9. The van der Waals surface area contributed by atoms with Gasteiger partial charge in [-0.2, -0.15) is 11.3 Å². The van der Waals surface area contributed by atoms with Crippen LogP contribution < -0.4 is 4.90 Å².